The summed E-state index contributed by atoms with van der Waals surface area (Å²) in [7, 11) is 0. The van der Waals surface area contributed by atoms with Crippen LogP contribution in [0.3, 0.4) is 0 Å². The van der Waals surface area contributed by atoms with Gasteiger partial charge in [-0.15, -0.1) is 0 Å². The lowest BCUT2D eigenvalue weighted by molar-refractivity contribution is -0.109. The summed E-state index contributed by atoms with van der Waals surface area (Å²) in [4.78, 5) is 0. The molecule has 0 aromatic carbocycles. The van der Waals surface area contributed by atoms with E-state index in [2.05, 4.69) is 28.9 Å². The third kappa shape index (κ3) is 1.33. The van der Waals surface area contributed by atoms with E-state index in [0.29, 0.717) is 6.04 Å². The van der Waals surface area contributed by atoms with Crippen LogP contribution in [0.15, 0.2) is 6.20 Å². The van der Waals surface area contributed by atoms with Crippen molar-refractivity contribution in [2.45, 2.75) is 38.3 Å². The summed E-state index contributed by atoms with van der Waals surface area (Å²) < 4.78 is 8.35. The van der Waals surface area contributed by atoms with Gasteiger partial charge in [-0.2, -0.15) is 5.10 Å². The van der Waals surface area contributed by atoms with E-state index in [1.807, 2.05) is 6.20 Å². The number of aryl methyl sites for hydroxylation is 1. The summed E-state index contributed by atoms with van der Waals surface area (Å²) >= 11 is 0. The van der Waals surface area contributed by atoms with Crippen LogP contribution in [0, 0.1) is 6.92 Å². The number of rotatable bonds is 0. The van der Waals surface area contributed by atoms with Crippen LogP contribution >= 0.6 is 0 Å². The zero-order chi connectivity index (χ0) is 11.2. The first kappa shape index (κ1) is 10.3. The Morgan fingerprint density at radius 3 is 3.00 bits per heavy atom. The van der Waals surface area contributed by atoms with E-state index in [1.165, 1.54) is 11.3 Å². The second-order valence-corrected chi connectivity index (χ2v) is 5.03. The monoisotopic (exact) mass is 221 g/mol. The second-order valence-electron chi connectivity index (χ2n) is 5.03. The Hall–Kier alpha value is -0.870. The Kier molecular flexibility index (Phi) is 2.30. The van der Waals surface area contributed by atoms with E-state index in [4.69, 9.17) is 4.74 Å². The molecule has 1 N–H and O–H groups in total. The zero-order valence-corrected chi connectivity index (χ0v) is 9.99. The molecule has 4 nitrogen and oxygen atoms in total. The SMILES string of the molecule is Cc1cnn2c1C1(CCNCC1)OC[C@H]2C. The molecule has 4 heteroatoms. The average Bonchev–Trinajstić information content (AvgIpc) is 2.70. The van der Waals surface area contributed by atoms with Crippen LogP contribution in [-0.2, 0) is 10.3 Å². The molecule has 2 aliphatic heterocycles. The number of nitrogens with zero attached hydrogens (tertiary/aromatic N) is 2. The van der Waals surface area contributed by atoms with Crippen LogP contribution in [0.5, 0.6) is 0 Å². The molecule has 0 saturated carbocycles. The molecule has 0 amide bonds. The predicted molar refractivity (Wildman–Crippen MR) is 61.4 cm³/mol. The Morgan fingerprint density at radius 1 is 1.50 bits per heavy atom. The third-order valence-electron chi connectivity index (χ3n) is 3.84. The van der Waals surface area contributed by atoms with Gasteiger partial charge >= 0.3 is 0 Å². The number of aromatic nitrogens is 2. The molecule has 88 valence electrons. The quantitative estimate of drug-likeness (QED) is 0.719. The van der Waals surface area contributed by atoms with Crippen LogP contribution in [0.25, 0.3) is 0 Å². The first-order chi connectivity index (χ1) is 7.73. The molecule has 16 heavy (non-hydrogen) atoms. The highest BCUT2D eigenvalue weighted by Gasteiger charge is 2.42. The summed E-state index contributed by atoms with van der Waals surface area (Å²) in [6, 6.07) is 0.365. The molecule has 0 bridgehead atoms. The van der Waals surface area contributed by atoms with Gasteiger partial charge in [0.25, 0.3) is 0 Å². The van der Waals surface area contributed by atoms with Crippen LogP contribution in [0.2, 0.25) is 0 Å². The fraction of sp³-hybridized carbons (Fsp3) is 0.750. The van der Waals surface area contributed by atoms with Crippen molar-refractivity contribution in [3.05, 3.63) is 17.5 Å². The van der Waals surface area contributed by atoms with Crippen molar-refractivity contribution in [2.75, 3.05) is 19.7 Å². The smallest absolute Gasteiger partial charge is 0.112 e. The van der Waals surface area contributed by atoms with Crippen molar-refractivity contribution in [1.82, 2.24) is 15.1 Å². The average molecular weight is 221 g/mol. The Labute approximate surface area is 96.0 Å². The van der Waals surface area contributed by atoms with Gasteiger partial charge in [0.1, 0.15) is 5.60 Å². The van der Waals surface area contributed by atoms with E-state index < -0.39 is 0 Å². The second kappa shape index (κ2) is 3.57. The van der Waals surface area contributed by atoms with Crippen molar-refractivity contribution in [3.63, 3.8) is 0 Å². The molecule has 1 aromatic rings. The first-order valence-corrected chi connectivity index (χ1v) is 6.12. The van der Waals surface area contributed by atoms with Gasteiger partial charge < -0.3 is 10.1 Å². The number of nitrogens with one attached hydrogen (secondary N) is 1. The van der Waals surface area contributed by atoms with Gasteiger partial charge in [-0.05, 0) is 45.3 Å². The minimum Gasteiger partial charge on any atom is -0.366 e. The van der Waals surface area contributed by atoms with Crippen molar-refractivity contribution >= 4 is 0 Å². The molecule has 3 rings (SSSR count). The third-order valence-corrected chi connectivity index (χ3v) is 3.84. The normalized spacial score (nSPS) is 28.0. The molecular weight excluding hydrogens is 202 g/mol. The van der Waals surface area contributed by atoms with Crippen molar-refractivity contribution in [1.29, 1.82) is 0 Å². The van der Waals surface area contributed by atoms with Gasteiger partial charge in [0, 0.05) is 0 Å². The summed E-state index contributed by atoms with van der Waals surface area (Å²) in [6.07, 6.45) is 4.10. The van der Waals surface area contributed by atoms with Gasteiger partial charge in [-0.3, -0.25) is 4.68 Å². The van der Waals surface area contributed by atoms with E-state index >= 15 is 0 Å². The molecule has 3 heterocycles. The van der Waals surface area contributed by atoms with E-state index in [-0.39, 0.29) is 5.60 Å². The minimum absolute atomic E-state index is 0.0711. The molecule has 0 aliphatic carbocycles. The highest BCUT2D eigenvalue weighted by molar-refractivity contribution is 5.26. The fourth-order valence-electron chi connectivity index (χ4n) is 2.98. The number of fused-ring (bicyclic) bond motifs is 2. The lowest BCUT2D eigenvalue weighted by Gasteiger charge is -2.43. The molecule has 1 fully saturated rings. The Bertz CT molecular complexity index is 393. The minimum atomic E-state index is -0.0711. The predicted octanol–water partition coefficient (Wildman–Crippen LogP) is 1.36. The zero-order valence-electron chi connectivity index (χ0n) is 9.99. The van der Waals surface area contributed by atoms with Crippen molar-refractivity contribution < 1.29 is 4.74 Å². The highest BCUT2D eigenvalue weighted by Crippen LogP contribution is 2.41. The maximum atomic E-state index is 6.18. The number of hydrogen-bond acceptors (Lipinski definition) is 3. The lowest BCUT2D eigenvalue weighted by Crippen LogP contribution is -2.47. The molecule has 0 unspecified atom stereocenters. The topological polar surface area (TPSA) is 39.1 Å². The van der Waals surface area contributed by atoms with E-state index in [1.54, 1.807) is 0 Å². The summed E-state index contributed by atoms with van der Waals surface area (Å²) in [5, 5.41) is 7.90. The molecule has 1 aromatic heterocycles. The summed E-state index contributed by atoms with van der Waals surface area (Å²) in [5.74, 6) is 0. The van der Waals surface area contributed by atoms with Gasteiger partial charge in [0.15, 0.2) is 0 Å². The summed E-state index contributed by atoms with van der Waals surface area (Å²) in [5.41, 5.74) is 2.51. The van der Waals surface area contributed by atoms with Crippen LogP contribution in [0.1, 0.15) is 37.1 Å². The van der Waals surface area contributed by atoms with Crippen molar-refractivity contribution in [3.8, 4) is 0 Å². The van der Waals surface area contributed by atoms with Crippen molar-refractivity contribution in [2.24, 2.45) is 0 Å². The van der Waals surface area contributed by atoms with E-state index in [0.717, 1.165) is 32.5 Å². The standard InChI is InChI=1S/C12H19N3O/c1-9-7-14-15-10(2)8-16-12(11(9)15)3-5-13-6-4-12/h7,10,13H,3-6,8H2,1-2H3/t10-/m1/s1. The molecule has 2 aliphatic rings. The molecule has 1 spiro atoms. The Morgan fingerprint density at radius 2 is 2.25 bits per heavy atom. The van der Waals surface area contributed by atoms with Gasteiger partial charge in [0.05, 0.1) is 24.5 Å². The maximum absolute atomic E-state index is 6.18. The van der Waals surface area contributed by atoms with Crippen LogP contribution in [-0.4, -0.2) is 29.5 Å². The summed E-state index contributed by atoms with van der Waals surface area (Å²) in [6.45, 7) is 7.18. The highest BCUT2D eigenvalue weighted by atomic mass is 16.5. The molecular formula is C12H19N3O. The fourth-order valence-corrected chi connectivity index (χ4v) is 2.98. The molecule has 1 saturated heterocycles. The van der Waals surface area contributed by atoms with Gasteiger partial charge in [-0.25, -0.2) is 0 Å². The molecule has 0 radical (unpaired) electrons. The van der Waals surface area contributed by atoms with E-state index in [9.17, 15) is 0 Å². The number of ether oxygens (including phenoxy) is 1. The van der Waals surface area contributed by atoms with Gasteiger partial charge in [0.2, 0.25) is 0 Å². The Balaban J connectivity index is 2.08. The van der Waals surface area contributed by atoms with Gasteiger partial charge in [-0.1, -0.05) is 0 Å². The number of hydrogen-bond donors (Lipinski definition) is 1. The first-order valence-electron chi connectivity index (χ1n) is 6.12. The van der Waals surface area contributed by atoms with Crippen LogP contribution in [0.4, 0.5) is 0 Å². The van der Waals surface area contributed by atoms with Crippen LogP contribution < -0.4 is 5.32 Å². The molecule has 1 atom stereocenters. The lowest BCUT2D eigenvalue weighted by atomic mass is 9.85. The number of piperidine rings is 1. The largest absolute Gasteiger partial charge is 0.366 e. The maximum Gasteiger partial charge on any atom is 0.112 e.